The molecule has 1 aliphatic rings. The molecule has 0 aromatic rings. The number of amides is 1. The van der Waals surface area contributed by atoms with E-state index in [9.17, 15) is 9.90 Å². The van der Waals surface area contributed by atoms with Crippen molar-refractivity contribution in [1.29, 1.82) is 0 Å². The highest BCUT2D eigenvalue weighted by Gasteiger charge is 2.43. The summed E-state index contributed by atoms with van der Waals surface area (Å²) < 4.78 is 0. The molecule has 4 heteroatoms. The average Bonchev–Trinajstić information content (AvgIpc) is 2.12. The summed E-state index contributed by atoms with van der Waals surface area (Å²) in [5.74, 6) is 0.0172. The van der Waals surface area contributed by atoms with Gasteiger partial charge in [0.05, 0.1) is 11.6 Å². The van der Waals surface area contributed by atoms with Crippen molar-refractivity contribution in [1.82, 2.24) is 10.2 Å². The molecule has 4 nitrogen and oxygen atoms in total. The number of likely N-dealkylation sites (tertiary alicyclic amines) is 1. The van der Waals surface area contributed by atoms with E-state index in [0.29, 0.717) is 13.1 Å². The van der Waals surface area contributed by atoms with E-state index in [1.54, 1.807) is 7.05 Å². The Kier molecular flexibility index (Phi) is 3.50. The lowest BCUT2D eigenvalue weighted by atomic mass is 9.88. The van der Waals surface area contributed by atoms with Crippen molar-refractivity contribution in [2.24, 2.45) is 0 Å². The van der Waals surface area contributed by atoms with Gasteiger partial charge >= 0.3 is 0 Å². The summed E-state index contributed by atoms with van der Waals surface area (Å²) >= 11 is 0. The van der Waals surface area contributed by atoms with Crippen molar-refractivity contribution in [2.75, 3.05) is 20.1 Å². The van der Waals surface area contributed by atoms with Crippen LogP contribution in [0, 0.1) is 0 Å². The van der Waals surface area contributed by atoms with Crippen LogP contribution in [0.4, 0.5) is 0 Å². The number of hydrogen-bond donors (Lipinski definition) is 2. The van der Waals surface area contributed by atoms with Crippen LogP contribution in [0.5, 0.6) is 0 Å². The Morgan fingerprint density at radius 1 is 1.64 bits per heavy atom. The van der Waals surface area contributed by atoms with E-state index >= 15 is 0 Å². The Bertz CT molecular complexity index is 212. The zero-order chi connectivity index (χ0) is 10.8. The van der Waals surface area contributed by atoms with Crippen molar-refractivity contribution < 1.29 is 9.90 Å². The fourth-order valence-electron chi connectivity index (χ4n) is 1.98. The SMILES string of the molecule is CCCC1(O)CN(C(C)C(=O)NC)C1. The van der Waals surface area contributed by atoms with Gasteiger partial charge in [-0.1, -0.05) is 13.3 Å². The van der Waals surface area contributed by atoms with Crippen LogP contribution in [-0.4, -0.2) is 47.7 Å². The number of likely N-dealkylation sites (N-methyl/N-ethyl adjacent to an activating group) is 1. The van der Waals surface area contributed by atoms with Gasteiger partial charge in [0.1, 0.15) is 0 Å². The van der Waals surface area contributed by atoms with E-state index in [1.165, 1.54) is 0 Å². The fraction of sp³-hybridized carbons (Fsp3) is 0.900. The molecular weight excluding hydrogens is 180 g/mol. The molecule has 1 saturated heterocycles. The van der Waals surface area contributed by atoms with Gasteiger partial charge in [-0.05, 0) is 13.3 Å². The first-order chi connectivity index (χ1) is 6.52. The number of nitrogens with zero attached hydrogens (tertiary/aromatic N) is 1. The lowest BCUT2D eigenvalue weighted by Gasteiger charge is -2.48. The third-order valence-corrected chi connectivity index (χ3v) is 2.88. The molecule has 0 saturated carbocycles. The Morgan fingerprint density at radius 2 is 2.21 bits per heavy atom. The van der Waals surface area contributed by atoms with Crippen LogP contribution >= 0.6 is 0 Å². The molecule has 0 radical (unpaired) electrons. The third-order valence-electron chi connectivity index (χ3n) is 2.88. The molecule has 0 aliphatic carbocycles. The Hall–Kier alpha value is -0.610. The number of aliphatic hydroxyl groups is 1. The van der Waals surface area contributed by atoms with E-state index in [0.717, 1.165) is 12.8 Å². The van der Waals surface area contributed by atoms with Crippen LogP contribution in [0.1, 0.15) is 26.7 Å². The van der Waals surface area contributed by atoms with Crippen LogP contribution in [0.3, 0.4) is 0 Å². The zero-order valence-electron chi connectivity index (χ0n) is 9.21. The van der Waals surface area contributed by atoms with Gasteiger partial charge in [0.25, 0.3) is 0 Å². The van der Waals surface area contributed by atoms with E-state index < -0.39 is 5.60 Å². The van der Waals surface area contributed by atoms with Gasteiger partial charge in [-0.25, -0.2) is 0 Å². The highest BCUT2D eigenvalue weighted by Crippen LogP contribution is 2.27. The second-order valence-corrected chi connectivity index (χ2v) is 4.17. The number of carbonyl (C=O) groups is 1. The van der Waals surface area contributed by atoms with E-state index in [-0.39, 0.29) is 11.9 Å². The molecule has 0 bridgehead atoms. The van der Waals surface area contributed by atoms with Crippen LogP contribution in [0.25, 0.3) is 0 Å². The van der Waals surface area contributed by atoms with Crippen molar-refractivity contribution in [3.8, 4) is 0 Å². The lowest BCUT2D eigenvalue weighted by molar-refractivity contribution is -0.143. The summed E-state index contributed by atoms with van der Waals surface area (Å²) in [5, 5.41) is 12.5. The zero-order valence-corrected chi connectivity index (χ0v) is 9.21. The van der Waals surface area contributed by atoms with Crippen molar-refractivity contribution in [2.45, 2.75) is 38.3 Å². The molecule has 1 heterocycles. The van der Waals surface area contributed by atoms with Gasteiger partial charge in [0, 0.05) is 20.1 Å². The van der Waals surface area contributed by atoms with Crippen molar-refractivity contribution in [3.05, 3.63) is 0 Å². The van der Waals surface area contributed by atoms with Crippen LogP contribution in [-0.2, 0) is 4.79 Å². The number of nitrogens with one attached hydrogen (secondary N) is 1. The fourth-order valence-corrected chi connectivity index (χ4v) is 1.98. The van der Waals surface area contributed by atoms with Crippen LogP contribution in [0.2, 0.25) is 0 Å². The molecule has 1 aliphatic heterocycles. The number of hydrogen-bond acceptors (Lipinski definition) is 3. The maximum Gasteiger partial charge on any atom is 0.236 e. The highest BCUT2D eigenvalue weighted by molar-refractivity contribution is 5.81. The first-order valence-corrected chi connectivity index (χ1v) is 5.20. The molecule has 1 amide bonds. The van der Waals surface area contributed by atoms with Gasteiger partial charge in [-0.15, -0.1) is 0 Å². The smallest absolute Gasteiger partial charge is 0.236 e. The monoisotopic (exact) mass is 200 g/mol. The summed E-state index contributed by atoms with van der Waals surface area (Å²) in [6, 6.07) is -0.128. The Morgan fingerprint density at radius 3 is 2.64 bits per heavy atom. The second-order valence-electron chi connectivity index (χ2n) is 4.17. The summed E-state index contributed by atoms with van der Waals surface area (Å²) in [6.45, 7) is 5.16. The first-order valence-electron chi connectivity index (χ1n) is 5.20. The predicted octanol–water partition coefficient (Wildman–Crippen LogP) is -0.0323. The summed E-state index contributed by atoms with van der Waals surface area (Å²) in [5.41, 5.74) is -0.545. The van der Waals surface area contributed by atoms with Crippen molar-refractivity contribution >= 4 is 5.91 Å². The van der Waals surface area contributed by atoms with Gasteiger partial charge in [0.15, 0.2) is 0 Å². The Labute approximate surface area is 85.3 Å². The standard InChI is InChI=1S/C10H20N2O2/c1-4-5-10(14)6-12(7-10)8(2)9(13)11-3/h8,14H,4-7H2,1-3H3,(H,11,13). The van der Waals surface area contributed by atoms with E-state index in [4.69, 9.17) is 0 Å². The molecule has 0 spiro atoms. The summed E-state index contributed by atoms with van der Waals surface area (Å²) in [4.78, 5) is 13.3. The normalized spacial score (nSPS) is 22.6. The summed E-state index contributed by atoms with van der Waals surface area (Å²) in [6.07, 6.45) is 1.81. The molecule has 2 N–H and O–H groups in total. The molecular formula is C10H20N2O2. The minimum atomic E-state index is -0.545. The molecule has 1 atom stereocenters. The van der Waals surface area contributed by atoms with Gasteiger partial charge < -0.3 is 10.4 Å². The Balaban J connectivity index is 2.36. The molecule has 1 rings (SSSR count). The molecule has 14 heavy (non-hydrogen) atoms. The number of rotatable bonds is 4. The molecule has 82 valence electrons. The largest absolute Gasteiger partial charge is 0.387 e. The maximum atomic E-state index is 11.3. The average molecular weight is 200 g/mol. The van der Waals surface area contributed by atoms with E-state index in [2.05, 4.69) is 12.2 Å². The minimum absolute atomic E-state index is 0.0172. The second kappa shape index (κ2) is 4.28. The highest BCUT2D eigenvalue weighted by atomic mass is 16.3. The predicted molar refractivity (Wildman–Crippen MR) is 55.0 cm³/mol. The lowest BCUT2D eigenvalue weighted by Crippen LogP contribution is -2.66. The minimum Gasteiger partial charge on any atom is -0.387 e. The quantitative estimate of drug-likeness (QED) is 0.670. The summed E-state index contributed by atoms with van der Waals surface area (Å²) in [7, 11) is 1.64. The maximum absolute atomic E-state index is 11.3. The van der Waals surface area contributed by atoms with Gasteiger partial charge in [0.2, 0.25) is 5.91 Å². The van der Waals surface area contributed by atoms with E-state index in [1.807, 2.05) is 11.8 Å². The molecule has 1 unspecified atom stereocenters. The number of carbonyl (C=O) groups excluding carboxylic acids is 1. The number of β-amino-alcohol motifs (C(OH)–C–C–N with tert-alkyl or cyclic N) is 1. The molecule has 0 aromatic carbocycles. The van der Waals surface area contributed by atoms with Crippen LogP contribution < -0.4 is 5.32 Å². The molecule has 0 aromatic heterocycles. The molecule has 1 fully saturated rings. The van der Waals surface area contributed by atoms with Crippen molar-refractivity contribution in [3.63, 3.8) is 0 Å². The third kappa shape index (κ3) is 2.25. The first kappa shape index (κ1) is 11.5. The van der Waals surface area contributed by atoms with Crippen LogP contribution in [0.15, 0.2) is 0 Å². The van der Waals surface area contributed by atoms with Gasteiger partial charge in [-0.3, -0.25) is 9.69 Å². The topological polar surface area (TPSA) is 52.6 Å². The van der Waals surface area contributed by atoms with Gasteiger partial charge in [-0.2, -0.15) is 0 Å².